The number of hydrogen-bond acceptors (Lipinski definition) is 3. The number of carbonyl (C=O) groups excluding carboxylic acids is 1. The van der Waals surface area contributed by atoms with Crippen molar-refractivity contribution in [2.45, 2.75) is 38.0 Å². The summed E-state index contributed by atoms with van der Waals surface area (Å²) < 4.78 is 45.2. The average Bonchev–Trinajstić information content (AvgIpc) is 3.11. The molecule has 0 saturated carbocycles. The van der Waals surface area contributed by atoms with Crippen LogP contribution < -0.4 is 5.32 Å². The summed E-state index contributed by atoms with van der Waals surface area (Å²) in [6.45, 7) is 3.90. The van der Waals surface area contributed by atoms with Gasteiger partial charge in [0.1, 0.15) is 5.76 Å². The van der Waals surface area contributed by atoms with Crippen LogP contribution in [0, 0.1) is 5.92 Å². The van der Waals surface area contributed by atoms with E-state index in [2.05, 4.69) is 10.2 Å². The first kappa shape index (κ1) is 18.1. The van der Waals surface area contributed by atoms with Gasteiger partial charge in [0.25, 0.3) is 5.91 Å². The van der Waals surface area contributed by atoms with Gasteiger partial charge < -0.3 is 9.73 Å². The number of nitrogens with zero attached hydrogens (tertiary/aromatic N) is 1. The smallest absolute Gasteiger partial charge is 0.417 e. The molecular weight excluding hydrogens is 357 g/mol. The molecule has 0 unspecified atom stereocenters. The van der Waals surface area contributed by atoms with E-state index in [4.69, 9.17) is 4.42 Å². The Balaban J connectivity index is 1.56. The van der Waals surface area contributed by atoms with Crippen LogP contribution >= 0.6 is 0 Å². The summed E-state index contributed by atoms with van der Waals surface area (Å²) >= 11 is 0. The molecule has 27 heavy (non-hydrogen) atoms. The third-order valence-electron chi connectivity index (χ3n) is 5.71. The van der Waals surface area contributed by atoms with Gasteiger partial charge in [0, 0.05) is 18.7 Å². The first-order valence-electron chi connectivity index (χ1n) is 9.10. The zero-order valence-corrected chi connectivity index (χ0v) is 15.0. The van der Waals surface area contributed by atoms with Gasteiger partial charge in [0.15, 0.2) is 5.76 Å². The predicted molar refractivity (Wildman–Crippen MR) is 93.9 cm³/mol. The summed E-state index contributed by atoms with van der Waals surface area (Å²) in [5, 5.41) is 3.02. The summed E-state index contributed by atoms with van der Waals surface area (Å²) in [5.74, 6) is 0.251. The Labute approximate surface area is 155 Å². The van der Waals surface area contributed by atoms with Crippen LogP contribution in [0.2, 0.25) is 0 Å². The molecule has 1 aromatic carbocycles. The van der Waals surface area contributed by atoms with E-state index in [1.54, 1.807) is 0 Å². The van der Waals surface area contributed by atoms with E-state index in [0.717, 1.165) is 38.4 Å². The number of alkyl halides is 3. The Morgan fingerprint density at radius 1 is 1.19 bits per heavy atom. The lowest BCUT2D eigenvalue weighted by Crippen LogP contribution is -2.65. The zero-order valence-electron chi connectivity index (χ0n) is 15.0. The second-order valence-corrected chi connectivity index (χ2v) is 7.57. The molecule has 3 saturated heterocycles. The number of carbonyl (C=O) groups is 1. The average molecular weight is 378 g/mol. The van der Waals surface area contributed by atoms with Crippen LogP contribution in [0.1, 0.15) is 42.3 Å². The van der Waals surface area contributed by atoms with Crippen molar-refractivity contribution in [3.63, 3.8) is 0 Å². The van der Waals surface area contributed by atoms with E-state index in [-0.39, 0.29) is 17.1 Å². The fraction of sp³-hybridized carbons (Fsp3) is 0.450. The normalized spacial score (nSPS) is 27.6. The summed E-state index contributed by atoms with van der Waals surface area (Å²) in [5.41, 5.74) is -1.29. The van der Waals surface area contributed by atoms with Crippen LogP contribution in [0.15, 0.2) is 40.8 Å². The molecule has 2 bridgehead atoms. The highest BCUT2D eigenvalue weighted by atomic mass is 19.4. The van der Waals surface area contributed by atoms with Crippen LogP contribution in [0.25, 0.3) is 11.3 Å². The van der Waals surface area contributed by atoms with Gasteiger partial charge in [-0.25, -0.2) is 0 Å². The van der Waals surface area contributed by atoms with Gasteiger partial charge in [0.05, 0.1) is 11.2 Å². The quantitative estimate of drug-likeness (QED) is 0.854. The molecule has 1 N–H and O–H groups in total. The van der Waals surface area contributed by atoms with Crippen molar-refractivity contribution < 1.29 is 22.4 Å². The zero-order chi connectivity index (χ0) is 19.2. The molecule has 3 aliphatic heterocycles. The SMILES string of the molecule is C[C@@]1(NC(=O)c2ccc(-c3ccccc3C(F)(F)F)o2)CC2CCN1CC2. The third-order valence-corrected chi connectivity index (χ3v) is 5.71. The lowest BCUT2D eigenvalue weighted by atomic mass is 9.80. The monoisotopic (exact) mass is 378 g/mol. The molecule has 1 amide bonds. The Hall–Kier alpha value is -2.28. The van der Waals surface area contributed by atoms with Crippen molar-refractivity contribution in [3.05, 3.63) is 47.7 Å². The minimum absolute atomic E-state index is 0.0193. The number of fused-ring (bicyclic) bond motifs is 3. The Bertz CT molecular complexity index is 853. The maximum absolute atomic E-state index is 13.2. The van der Waals surface area contributed by atoms with E-state index < -0.39 is 23.3 Å². The van der Waals surface area contributed by atoms with E-state index in [9.17, 15) is 18.0 Å². The molecule has 1 aromatic heterocycles. The van der Waals surface area contributed by atoms with Crippen LogP contribution in [-0.4, -0.2) is 29.6 Å². The summed E-state index contributed by atoms with van der Waals surface area (Å²) in [4.78, 5) is 14.9. The van der Waals surface area contributed by atoms with Crippen LogP contribution in [0.4, 0.5) is 13.2 Å². The van der Waals surface area contributed by atoms with E-state index in [0.29, 0.717) is 5.92 Å². The number of amides is 1. The Kier molecular flexibility index (Phi) is 4.29. The van der Waals surface area contributed by atoms with Gasteiger partial charge in [0.2, 0.25) is 0 Å². The van der Waals surface area contributed by atoms with Crippen LogP contribution in [0.5, 0.6) is 0 Å². The second-order valence-electron chi connectivity index (χ2n) is 7.57. The highest BCUT2D eigenvalue weighted by Crippen LogP contribution is 2.39. The van der Waals surface area contributed by atoms with Crippen molar-refractivity contribution >= 4 is 5.91 Å². The number of benzene rings is 1. The Morgan fingerprint density at radius 3 is 2.52 bits per heavy atom. The first-order chi connectivity index (χ1) is 12.8. The van der Waals surface area contributed by atoms with Crippen molar-refractivity contribution in [1.29, 1.82) is 0 Å². The van der Waals surface area contributed by atoms with E-state index in [1.807, 2.05) is 6.92 Å². The third kappa shape index (κ3) is 3.36. The number of hydrogen-bond donors (Lipinski definition) is 1. The van der Waals surface area contributed by atoms with Gasteiger partial charge >= 0.3 is 6.18 Å². The van der Waals surface area contributed by atoms with Gasteiger partial charge in [-0.1, -0.05) is 18.2 Å². The number of piperidine rings is 3. The van der Waals surface area contributed by atoms with Gasteiger partial charge in [-0.05, 0) is 50.3 Å². The van der Waals surface area contributed by atoms with Crippen molar-refractivity contribution in [3.8, 4) is 11.3 Å². The number of nitrogens with one attached hydrogen (secondary N) is 1. The van der Waals surface area contributed by atoms with Crippen LogP contribution in [-0.2, 0) is 6.18 Å². The second kappa shape index (κ2) is 6.41. The maximum Gasteiger partial charge on any atom is 0.417 e. The first-order valence-corrected chi connectivity index (χ1v) is 9.10. The molecule has 7 heteroatoms. The lowest BCUT2D eigenvalue weighted by molar-refractivity contribution is -0.137. The molecule has 3 fully saturated rings. The molecule has 3 aliphatic rings. The topological polar surface area (TPSA) is 45.5 Å². The molecule has 0 aliphatic carbocycles. The maximum atomic E-state index is 13.2. The lowest BCUT2D eigenvalue weighted by Gasteiger charge is -2.52. The number of furan rings is 1. The summed E-state index contributed by atoms with van der Waals surface area (Å²) in [7, 11) is 0. The van der Waals surface area contributed by atoms with Crippen molar-refractivity contribution in [2.24, 2.45) is 5.92 Å². The fourth-order valence-electron chi connectivity index (χ4n) is 4.31. The predicted octanol–water partition coefficient (Wildman–Crippen LogP) is 4.53. The van der Waals surface area contributed by atoms with Crippen molar-refractivity contribution in [1.82, 2.24) is 10.2 Å². The highest BCUT2D eigenvalue weighted by molar-refractivity contribution is 5.92. The minimum Gasteiger partial charge on any atom is -0.451 e. The number of rotatable bonds is 3. The van der Waals surface area contributed by atoms with Gasteiger partial charge in [-0.15, -0.1) is 0 Å². The highest BCUT2D eigenvalue weighted by Gasteiger charge is 2.43. The standard InChI is InChI=1S/C20H21F3N2O2/c1-19(12-13-8-10-25(19)11-9-13)24-18(26)17-7-6-16(27-17)14-4-2-3-5-15(14)20(21,22)23/h2-7,13H,8-12H2,1H3,(H,24,26)/t19-/m0/s1. The van der Waals surface area contributed by atoms with Crippen LogP contribution in [0.3, 0.4) is 0 Å². The molecular formula is C20H21F3N2O2. The molecule has 4 heterocycles. The van der Waals surface area contributed by atoms with E-state index in [1.165, 1.54) is 30.3 Å². The Morgan fingerprint density at radius 2 is 1.89 bits per heavy atom. The molecule has 0 radical (unpaired) electrons. The largest absolute Gasteiger partial charge is 0.451 e. The molecule has 1 atom stereocenters. The molecule has 0 spiro atoms. The number of halogens is 3. The fourth-order valence-corrected chi connectivity index (χ4v) is 4.31. The molecule has 144 valence electrons. The van der Waals surface area contributed by atoms with Gasteiger partial charge in [-0.2, -0.15) is 13.2 Å². The minimum atomic E-state index is -4.49. The van der Waals surface area contributed by atoms with E-state index >= 15 is 0 Å². The summed E-state index contributed by atoms with van der Waals surface area (Å²) in [6, 6.07) is 8.03. The van der Waals surface area contributed by atoms with Crippen molar-refractivity contribution in [2.75, 3.05) is 13.1 Å². The molecule has 4 nitrogen and oxygen atoms in total. The molecule has 2 aromatic rings. The van der Waals surface area contributed by atoms with Gasteiger partial charge in [-0.3, -0.25) is 9.69 Å². The summed E-state index contributed by atoms with van der Waals surface area (Å²) in [6.07, 6.45) is -1.33. The molecule has 5 rings (SSSR count).